The molecular weight excluding hydrogens is 216 g/mol. The van der Waals surface area contributed by atoms with Gasteiger partial charge in [0.15, 0.2) is 0 Å². The molecule has 0 saturated carbocycles. The van der Waals surface area contributed by atoms with Crippen molar-refractivity contribution >= 4 is 15.9 Å². The predicted octanol–water partition coefficient (Wildman–Crippen LogP) is 0.00202. The number of primary sulfonamides is 1. The van der Waals surface area contributed by atoms with E-state index >= 15 is 0 Å². The fourth-order valence-electron chi connectivity index (χ4n) is 1.16. The van der Waals surface area contributed by atoms with Crippen LogP contribution in [0.2, 0.25) is 0 Å². The summed E-state index contributed by atoms with van der Waals surface area (Å²) in [6, 6.07) is 4.19. The molecule has 0 aliphatic carbocycles. The van der Waals surface area contributed by atoms with Crippen LogP contribution in [0.25, 0.3) is 0 Å². The van der Waals surface area contributed by atoms with E-state index in [9.17, 15) is 13.2 Å². The van der Waals surface area contributed by atoms with E-state index in [1.165, 1.54) is 19.2 Å². The maximum absolute atomic E-state index is 11.4. The lowest BCUT2D eigenvalue weighted by Crippen LogP contribution is -2.20. The van der Waals surface area contributed by atoms with E-state index in [2.05, 4.69) is 5.32 Å². The molecule has 0 aliphatic heterocycles. The van der Waals surface area contributed by atoms with Gasteiger partial charge in [0.05, 0.1) is 4.90 Å². The van der Waals surface area contributed by atoms with Crippen LogP contribution in [0.5, 0.6) is 0 Å². The summed E-state index contributed by atoms with van der Waals surface area (Å²) in [5, 5.41) is 7.38. The van der Waals surface area contributed by atoms with E-state index in [0.29, 0.717) is 11.1 Å². The Morgan fingerprint density at radius 2 is 2.00 bits per heavy atom. The normalized spacial score (nSPS) is 11.1. The van der Waals surface area contributed by atoms with Gasteiger partial charge in [-0.2, -0.15) is 0 Å². The lowest BCUT2D eigenvalue weighted by Gasteiger charge is -2.06. The predicted molar refractivity (Wildman–Crippen MR) is 55.9 cm³/mol. The first-order valence-corrected chi connectivity index (χ1v) is 5.76. The largest absolute Gasteiger partial charge is 0.355 e. The van der Waals surface area contributed by atoms with Crippen LogP contribution in [0.4, 0.5) is 0 Å². The Morgan fingerprint density at radius 3 is 2.47 bits per heavy atom. The second-order valence-corrected chi connectivity index (χ2v) is 4.66. The average Bonchev–Trinajstić information content (AvgIpc) is 2.15. The summed E-state index contributed by atoms with van der Waals surface area (Å²) in [6.45, 7) is 1.72. The van der Waals surface area contributed by atoms with Gasteiger partial charge in [-0.25, -0.2) is 13.6 Å². The van der Waals surface area contributed by atoms with Crippen molar-refractivity contribution in [3.63, 3.8) is 0 Å². The Kier molecular flexibility index (Phi) is 3.11. The van der Waals surface area contributed by atoms with Crippen LogP contribution in [0, 0.1) is 6.92 Å². The van der Waals surface area contributed by atoms with Crippen molar-refractivity contribution in [2.45, 2.75) is 11.8 Å². The van der Waals surface area contributed by atoms with Crippen LogP contribution in [0.15, 0.2) is 23.1 Å². The van der Waals surface area contributed by atoms with Gasteiger partial charge in [0.2, 0.25) is 10.0 Å². The molecule has 0 bridgehead atoms. The summed E-state index contributed by atoms with van der Waals surface area (Å²) in [4.78, 5) is 11.3. The van der Waals surface area contributed by atoms with E-state index in [4.69, 9.17) is 5.14 Å². The highest BCUT2D eigenvalue weighted by Gasteiger charge is 2.13. The summed E-state index contributed by atoms with van der Waals surface area (Å²) in [5.74, 6) is -0.335. The lowest BCUT2D eigenvalue weighted by atomic mass is 10.1. The van der Waals surface area contributed by atoms with Gasteiger partial charge >= 0.3 is 0 Å². The number of hydrogen-bond acceptors (Lipinski definition) is 3. The van der Waals surface area contributed by atoms with Crippen LogP contribution < -0.4 is 10.5 Å². The molecule has 0 aliphatic rings. The number of amides is 1. The van der Waals surface area contributed by atoms with E-state index in [1.54, 1.807) is 13.0 Å². The zero-order chi connectivity index (χ0) is 11.6. The molecule has 5 nitrogen and oxygen atoms in total. The molecule has 0 aromatic heterocycles. The molecule has 0 radical (unpaired) electrons. The molecule has 0 saturated heterocycles. The fraction of sp³-hybridized carbons (Fsp3) is 0.222. The molecule has 0 atom stereocenters. The molecule has 3 N–H and O–H groups in total. The Balaban J connectivity index is 3.36. The van der Waals surface area contributed by atoms with Crippen molar-refractivity contribution in [1.82, 2.24) is 5.32 Å². The highest BCUT2D eigenvalue weighted by molar-refractivity contribution is 7.89. The van der Waals surface area contributed by atoms with Crippen molar-refractivity contribution in [1.29, 1.82) is 0 Å². The summed E-state index contributed by atoms with van der Waals surface area (Å²) in [6.07, 6.45) is 0. The lowest BCUT2D eigenvalue weighted by molar-refractivity contribution is 0.0962. The quantitative estimate of drug-likeness (QED) is 0.746. The SMILES string of the molecule is CNC(=O)c1cc(S(N)(=O)=O)ccc1C. The van der Waals surface area contributed by atoms with Crippen molar-refractivity contribution in [3.8, 4) is 0 Å². The standard InChI is InChI=1S/C9H12N2O3S/c1-6-3-4-7(15(10,13)14)5-8(6)9(12)11-2/h3-5H,1-2H3,(H,11,12)(H2,10,13,14). The molecule has 6 heteroatoms. The van der Waals surface area contributed by atoms with Gasteiger partial charge in [0, 0.05) is 12.6 Å². The molecular formula is C9H12N2O3S. The van der Waals surface area contributed by atoms with Gasteiger partial charge in [0.1, 0.15) is 0 Å². The van der Waals surface area contributed by atoms with Crippen molar-refractivity contribution in [2.24, 2.45) is 5.14 Å². The van der Waals surface area contributed by atoms with E-state index in [1.807, 2.05) is 0 Å². The number of nitrogens with one attached hydrogen (secondary N) is 1. The van der Waals surface area contributed by atoms with Crippen LogP contribution in [0.3, 0.4) is 0 Å². The first-order chi connectivity index (χ1) is 6.86. The number of sulfonamides is 1. The molecule has 1 rings (SSSR count). The summed E-state index contributed by atoms with van der Waals surface area (Å²) in [7, 11) is -2.29. The van der Waals surface area contributed by atoms with Crippen LogP contribution in [-0.4, -0.2) is 21.4 Å². The number of carbonyl (C=O) groups excluding carboxylic acids is 1. The molecule has 1 aromatic carbocycles. The number of benzene rings is 1. The van der Waals surface area contributed by atoms with E-state index in [-0.39, 0.29) is 10.8 Å². The summed E-state index contributed by atoms with van der Waals surface area (Å²) in [5.41, 5.74) is 1.01. The molecule has 15 heavy (non-hydrogen) atoms. The Hall–Kier alpha value is -1.40. The Bertz CT molecular complexity index is 494. The minimum absolute atomic E-state index is 0.0632. The van der Waals surface area contributed by atoms with Crippen molar-refractivity contribution in [2.75, 3.05) is 7.05 Å². The fourth-order valence-corrected chi connectivity index (χ4v) is 1.70. The number of aryl methyl sites for hydroxylation is 1. The third kappa shape index (κ3) is 2.54. The first kappa shape index (κ1) is 11.7. The van der Waals surface area contributed by atoms with Crippen LogP contribution in [0.1, 0.15) is 15.9 Å². The Labute approximate surface area is 88.3 Å². The number of hydrogen-bond donors (Lipinski definition) is 2. The monoisotopic (exact) mass is 228 g/mol. The van der Waals surface area contributed by atoms with Crippen molar-refractivity contribution < 1.29 is 13.2 Å². The molecule has 0 unspecified atom stereocenters. The number of rotatable bonds is 2. The summed E-state index contributed by atoms with van der Waals surface area (Å²) < 4.78 is 22.1. The van der Waals surface area contributed by atoms with Gasteiger partial charge in [-0.3, -0.25) is 4.79 Å². The second-order valence-electron chi connectivity index (χ2n) is 3.10. The maximum atomic E-state index is 11.4. The van der Waals surface area contributed by atoms with Gasteiger partial charge in [-0.1, -0.05) is 6.07 Å². The van der Waals surface area contributed by atoms with Gasteiger partial charge < -0.3 is 5.32 Å². The Morgan fingerprint density at radius 1 is 1.40 bits per heavy atom. The average molecular weight is 228 g/mol. The van der Waals surface area contributed by atoms with Gasteiger partial charge in [0.25, 0.3) is 5.91 Å². The highest BCUT2D eigenvalue weighted by Crippen LogP contribution is 2.14. The van der Waals surface area contributed by atoms with E-state index < -0.39 is 10.0 Å². The molecule has 1 amide bonds. The highest BCUT2D eigenvalue weighted by atomic mass is 32.2. The van der Waals surface area contributed by atoms with E-state index in [0.717, 1.165) is 0 Å². The third-order valence-corrected chi connectivity index (χ3v) is 2.92. The minimum Gasteiger partial charge on any atom is -0.355 e. The number of nitrogens with two attached hydrogens (primary N) is 1. The zero-order valence-corrected chi connectivity index (χ0v) is 9.26. The molecule has 0 fully saturated rings. The molecule has 0 heterocycles. The van der Waals surface area contributed by atoms with Crippen LogP contribution in [-0.2, 0) is 10.0 Å². The topological polar surface area (TPSA) is 89.3 Å². The molecule has 82 valence electrons. The zero-order valence-electron chi connectivity index (χ0n) is 8.44. The first-order valence-electron chi connectivity index (χ1n) is 4.22. The van der Waals surface area contributed by atoms with Crippen LogP contribution >= 0.6 is 0 Å². The second kappa shape index (κ2) is 4.00. The number of carbonyl (C=O) groups is 1. The summed E-state index contributed by atoms with van der Waals surface area (Å²) >= 11 is 0. The maximum Gasteiger partial charge on any atom is 0.251 e. The van der Waals surface area contributed by atoms with Crippen molar-refractivity contribution in [3.05, 3.63) is 29.3 Å². The third-order valence-electron chi connectivity index (χ3n) is 2.01. The molecule has 1 aromatic rings. The minimum atomic E-state index is -3.76. The van der Waals surface area contributed by atoms with Gasteiger partial charge in [-0.05, 0) is 24.6 Å². The van der Waals surface area contributed by atoms with Gasteiger partial charge in [-0.15, -0.1) is 0 Å². The molecule has 0 spiro atoms. The smallest absolute Gasteiger partial charge is 0.251 e.